The molecule has 0 aliphatic heterocycles. The standard InChI is InChI=1S/C20H39N3O2.HI/c1-3-24-16-13-20(11-6-7-12-20)17-23-19(21-2)22-14-8-15-25-18-9-4-5-10-18;/h18H,3-17H2,1-2H3,(H2,21,22,23);1H. The van der Waals surface area contributed by atoms with E-state index < -0.39 is 0 Å². The van der Waals surface area contributed by atoms with Gasteiger partial charge in [-0.3, -0.25) is 4.99 Å². The normalized spacial score (nSPS) is 20.2. The van der Waals surface area contributed by atoms with Gasteiger partial charge in [-0.15, -0.1) is 24.0 Å². The summed E-state index contributed by atoms with van der Waals surface area (Å²) < 4.78 is 11.5. The summed E-state index contributed by atoms with van der Waals surface area (Å²) in [5.74, 6) is 0.920. The van der Waals surface area contributed by atoms with E-state index >= 15 is 0 Å². The highest BCUT2D eigenvalue weighted by molar-refractivity contribution is 14.0. The Balaban J connectivity index is 0.00000338. The van der Waals surface area contributed by atoms with Crippen molar-refractivity contribution in [3.63, 3.8) is 0 Å². The van der Waals surface area contributed by atoms with Crippen molar-refractivity contribution in [1.82, 2.24) is 10.6 Å². The summed E-state index contributed by atoms with van der Waals surface area (Å²) in [7, 11) is 1.85. The van der Waals surface area contributed by atoms with Gasteiger partial charge in [0.1, 0.15) is 0 Å². The Bertz CT molecular complexity index is 381. The Morgan fingerprint density at radius 3 is 2.46 bits per heavy atom. The number of aliphatic imine (C=N–C) groups is 1. The van der Waals surface area contributed by atoms with E-state index in [2.05, 4.69) is 22.5 Å². The van der Waals surface area contributed by atoms with Crippen LogP contribution >= 0.6 is 24.0 Å². The minimum absolute atomic E-state index is 0. The Hall–Kier alpha value is -0.0800. The minimum atomic E-state index is 0. The first-order valence-corrected chi connectivity index (χ1v) is 10.4. The predicted octanol–water partition coefficient (Wildman–Crippen LogP) is 4.11. The van der Waals surface area contributed by atoms with E-state index in [0.29, 0.717) is 11.5 Å². The molecule has 0 aromatic carbocycles. The summed E-state index contributed by atoms with van der Waals surface area (Å²) in [5.41, 5.74) is 0.387. The van der Waals surface area contributed by atoms with Crippen LogP contribution in [0.2, 0.25) is 0 Å². The van der Waals surface area contributed by atoms with Gasteiger partial charge >= 0.3 is 0 Å². The van der Waals surface area contributed by atoms with Crippen LogP contribution in [0.15, 0.2) is 4.99 Å². The molecule has 0 aromatic rings. The lowest BCUT2D eigenvalue weighted by atomic mass is 9.83. The Morgan fingerprint density at radius 1 is 1.08 bits per heavy atom. The first-order chi connectivity index (χ1) is 12.3. The molecule has 0 atom stereocenters. The molecule has 6 heteroatoms. The number of halogens is 1. The van der Waals surface area contributed by atoms with Gasteiger partial charge in [0.2, 0.25) is 0 Å². The summed E-state index contributed by atoms with van der Waals surface area (Å²) in [6, 6.07) is 0. The van der Waals surface area contributed by atoms with E-state index in [-0.39, 0.29) is 24.0 Å². The van der Waals surface area contributed by atoms with Crippen LogP contribution in [-0.2, 0) is 9.47 Å². The molecule has 2 N–H and O–H groups in total. The van der Waals surface area contributed by atoms with Crippen molar-refractivity contribution in [3.8, 4) is 0 Å². The zero-order valence-corrected chi connectivity index (χ0v) is 19.2. The highest BCUT2D eigenvalue weighted by Gasteiger charge is 2.33. The largest absolute Gasteiger partial charge is 0.382 e. The molecule has 0 aromatic heterocycles. The van der Waals surface area contributed by atoms with Crippen molar-refractivity contribution in [2.75, 3.05) is 40.0 Å². The van der Waals surface area contributed by atoms with E-state index in [4.69, 9.17) is 9.47 Å². The lowest BCUT2D eigenvalue weighted by molar-refractivity contribution is 0.0573. The van der Waals surface area contributed by atoms with Gasteiger partial charge in [-0.25, -0.2) is 0 Å². The van der Waals surface area contributed by atoms with Gasteiger partial charge < -0.3 is 20.1 Å². The van der Waals surface area contributed by atoms with Crippen molar-refractivity contribution < 1.29 is 9.47 Å². The van der Waals surface area contributed by atoms with E-state index in [9.17, 15) is 0 Å². The van der Waals surface area contributed by atoms with Crippen LogP contribution in [0, 0.1) is 5.41 Å². The number of nitrogens with one attached hydrogen (secondary N) is 2. The van der Waals surface area contributed by atoms with Gasteiger partial charge in [-0.05, 0) is 50.9 Å². The summed E-state index contributed by atoms with van der Waals surface area (Å²) in [5, 5.41) is 6.98. The Labute approximate surface area is 177 Å². The third-order valence-corrected chi connectivity index (χ3v) is 5.77. The van der Waals surface area contributed by atoms with Crippen molar-refractivity contribution in [1.29, 1.82) is 0 Å². The maximum Gasteiger partial charge on any atom is 0.190 e. The molecular formula is C20H40IN3O2. The molecule has 0 unspecified atom stereocenters. The van der Waals surface area contributed by atoms with E-state index in [1.54, 1.807) is 0 Å². The van der Waals surface area contributed by atoms with Gasteiger partial charge in [-0.2, -0.15) is 0 Å². The molecule has 0 spiro atoms. The van der Waals surface area contributed by atoms with Crippen LogP contribution in [-0.4, -0.2) is 52.0 Å². The minimum Gasteiger partial charge on any atom is -0.382 e. The van der Waals surface area contributed by atoms with E-state index in [0.717, 1.165) is 51.7 Å². The molecular weight excluding hydrogens is 441 g/mol. The van der Waals surface area contributed by atoms with Crippen molar-refractivity contribution in [2.45, 2.75) is 77.2 Å². The molecule has 0 radical (unpaired) electrons. The van der Waals surface area contributed by atoms with Gasteiger partial charge in [0.15, 0.2) is 5.96 Å². The molecule has 0 bridgehead atoms. The molecule has 26 heavy (non-hydrogen) atoms. The SMILES string of the molecule is CCOCCC1(CNC(=NC)NCCCOC2CCCC2)CCCC1.I. The molecule has 2 rings (SSSR count). The summed E-state index contributed by atoms with van der Waals surface area (Å²) in [6.45, 7) is 6.53. The van der Waals surface area contributed by atoms with Gasteiger partial charge in [0.25, 0.3) is 0 Å². The van der Waals surface area contributed by atoms with Crippen molar-refractivity contribution in [3.05, 3.63) is 0 Å². The first-order valence-electron chi connectivity index (χ1n) is 10.4. The van der Waals surface area contributed by atoms with Crippen LogP contribution < -0.4 is 10.6 Å². The number of hydrogen-bond acceptors (Lipinski definition) is 3. The molecule has 154 valence electrons. The second-order valence-corrected chi connectivity index (χ2v) is 7.64. The van der Waals surface area contributed by atoms with Gasteiger partial charge in [0.05, 0.1) is 6.10 Å². The fraction of sp³-hybridized carbons (Fsp3) is 0.950. The van der Waals surface area contributed by atoms with Crippen LogP contribution in [0.4, 0.5) is 0 Å². The molecule has 2 saturated carbocycles. The average Bonchev–Trinajstić information content (AvgIpc) is 3.30. The lowest BCUT2D eigenvalue weighted by Gasteiger charge is -2.30. The topological polar surface area (TPSA) is 54.9 Å². The molecule has 0 amide bonds. The van der Waals surface area contributed by atoms with E-state index in [1.165, 1.54) is 51.4 Å². The highest BCUT2D eigenvalue weighted by atomic mass is 127. The second-order valence-electron chi connectivity index (χ2n) is 7.64. The van der Waals surface area contributed by atoms with Crippen LogP contribution in [0.25, 0.3) is 0 Å². The smallest absolute Gasteiger partial charge is 0.190 e. The fourth-order valence-corrected chi connectivity index (χ4v) is 4.15. The molecule has 2 fully saturated rings. The Kier molecular flexibility index (Phi) is 12.9. The second kappa shape index (κ2) is 14.0. The lowest BCUT2D eigenvalue weighted by Crippen LogP contribution is -2.43. The predicted molar refractivity (Wildman–Crippen MR) is 120 cm³/mol. The Morgan fingerprint density at radius 2 is 1.81 bits per heavy atom. The maximum atomic E-state index is 5.92. The number of ether oxygens (including phenoxy) is 2. The quantitative estimate of drug-likeness (QED) is 0.202. The zero-order chi connectivity index (χ0) is 17.8. The van der Waals surface area contributed by atoms with Crippen molar-refractivity contribution >= 4 is 29.9 Å². The summed E-state index contributed by atoms with van der Waals surface area (Å²) in [6.07, 6.45) is 13.2. The van der Waals surface area contributed by atoms with Crippen molar-refractivity contribution in [2.24, 2.45) is 10.4 Å². The van der Waals surface area contributed by atoms with Gasteiger partial charge in [-0.1, -0.05) is 25.7 Å². The molecule has 0 heterocycles. The molecule has 5 nitrogen and oxygen atoms in total. The number of hydrogen-bond donors (Lipinski definition) is 2. The van der Waals surface area contributed by atoms with Crippen LogP contribution in [0.3, 0.4) is 0 Å². The molecule has 2 aliphatic rings. The maximum absolute atomic E-state index is 5.92. The average molecular weight is 481 g/mol. The fourth-order valence-electron chi connectivity index (χ4n) is 4.15. The molecule has 2 aliphatic carbocycles. The summed E-state index contributed by atoms with van der Waals surface area (Å²) >= 11 is 0. The third kappa shape index (κ3) is 8.74. The number of guanidine groups is 1. The summed E-state index contributed by atoms with van der Waals surface area (Å²) in [4.78, 5) is 4.37. The highest BCUT2D eigenvalue weighted by Crippen LogP contribution is 2.40. The first kappa shape index (κ1) is 24.0. The van der Waals surface area contributed by atoms with E-state index in [1.807, 2.05) is 7.05 Å². The van der Waals surface area contributed by atoms with Crippen LogP contribution in [0.5, 0.6) is 0 Å². The van der Waals surface area contributed by atoms with Gasteiger partial charge in [0, 0.05) is 40.0 Å². The number of nitrogens with zero attached hydrogens (tertiary/aromatic N) is 1. The molecule has 0 saturated heterocycles. The third-order valence-electron chi connectivity index (χ3n) is 5.77. The monoisotopic (exact) mass is 481 g/mol. The van der Waals surface area contributed by atoms with Crippen LogP contribution in [0.1, 0.15) is 71.1 Å². The number of rotatable bonds is 11. The zero-order valence-electron chi connectivity index (χ0n) is 16.9.